The number of hydrogen-bond acceptors (Lipinski definition) is 6. The van der Waals surface area contributed by atoms with Crippen molar-refractivity contribution in [3.05, 3.63) is 23.8 Å². The van der Waals surface area contributed by atoms with Gasteiger partial charge in [-0.2, -0.15) is 0 Å². The molecular weight excluding hydrogens is 238 g/mol. The molecule has 0 aromatic carbocycles. The van der Waals surface area contributed by atoms with Gasteiger partial charge in [0.05, 0.1) is 23.2 Å². The number of oxazole rings is 1. The average Bonchev–Trinajstić information content (AvgIpc) is 2.99. The van der Waals surface area contributed by atoms with Crippen molar-refractivity contribution >= 4 is 11.3 Å². The number of thiazole rings is 1. The van der Waals surface area contributed by atoms with E-state index in [-0.39, 0.29) is 0 Å². The van der Waals surface area contributed by atoms with Crippen LogP contribution in [0, 0.1) is 0 Å². The van der Waals surface area contributed by atoms with E-state index >= 15 is 0 Å². The highest BCUT2D eigenvalue weighted by molar-refractivity contribution is 7.13. The zero-order chi connectivity index (χ0) is 11.9. The zero-order valence-electron chi connectivity index (χ0n) is 9.68. The van der Waals surface area contributed by atoms with Gasteiger partial charge in [0.1, 0.15) is 0 Å². The van der Waals surface area contributed by atoms with Gasteiger partial charge in [0.25, 0.3) is 0 Å². The molecule has 6 heteroatoms. The first kappa shape index (κ1) is 12.2. The van der Waals surface area contributed by atoms with Crippen molar-refractivity contribution in [1.29, 1.82) is 0 Å². The molecule has 92 valence electrons. The molecule has 0 fully saturated rings. The summed E-state index contributed by atoms with van der Waals surface area (Å²) in [6.07, 6.45) is 4.31. The minimum atomic E-state index is 0.720. The SMILES string of the molecule is COCCNCCc1ncc(-c2cncs2)o1. The average molecular weight is 253 g/mol. The standard InChI is InChI=1S/C11H15N3O2S/c1-15-5-4-12-3-2-11-14-6-9(16-11)10-7-13-8-17-10/h6-8,12H,2-5H2,1H3. The van der Waals surface area contributed by atoms with Crippen LogP contribution in [0.15, 0.2) is 22.3 Å². The second kappa shape index (κ2) is 6.48. The molecule has 0 saturated heterocycles. The summed E-state index contributed by atoms with van der Waals surface area (Å²) >= 11 is 1.55. The first-order valence-corrected chi connectivity index (χ1v) is 6.31. The Kier molecular flexibility index (Phi) is 4.66. The Morgan fingerprint density at radius 3 is 3.12 bits per heavy atom. The van der Waals surface area contributed by atoms with Crippen molar-refractivity contribution in [2.75, 3.05) is 26.8 Å². The number of nitrogens with one attached hydrogen (secondary N) is 1. The second-order valence-electron chi connectivity index (χ2n) is 3.48. The van der Waals surface area contributed by atoms with Crippen LogP contribution in [0.2, 0.25) is 0 Å². The lowest BCUT2D eigenvalue weighted by molar-refractivity contribution is 0.199. The van der Waals surface area contributed by atoms with Crippen LogP contribution in [0.1, 0.15) is 5.89 Å². The highest BCUT2D eigenvalue weighted by Crippen LogP contribution is 2.23. The molecule has 0 aliphatic carbocycles. The van der Waals surface area contributed by atoms with Gasteiger partial charge < -0.3 is 14.5 Å². The van der Waals surface area contributed by atoms with Crippen molar-refractivity contribution < 1.29 is 9.15 Å². The van der Waals surface area contributed by atoms with Crippen molar-refractivity contribution in [2.24, 2.45) is 0 Å². The third kappa shape index (κ3) is 3.62. The lowest BCUT2D eigenvalue weighted by atomic mass is 10.4. The summed E-state index contributed by atoms with van der Waals surface area (Å²) in [4.78, 5) is 9.25. The van der Waals surface area contributed by atoms with E-state index in [1.165, 1.54) is 0 Å². The number of methoxy groups -OCH3 is 1. The van der Waals surface area contributed by atoms with Gasteiger partial charge in [0, 0.05) is 32.8 Å². The third-order valence-electron chi connectivity index (χ3n) is 2.23. The number of aromatic nitrogens is 2. The fourth-order valence-electron chi connectivity index (χ4n) is 1.37. The zero-order valence-corrected chi connectivity index (χ0v) is 10.5. The lowest BCUT2D eigenvalue weighted by Crippen LogP contribution is -2.21. The fraction of sp³-hybridized carbons (Fsp3) is 0.455. The highest BCUT2D eigenvalue weighted by Gasteiger charge is 2.07. The summed E-state index contributed by atoms with van der Waals surface area (Å²) in [7, 11) is 1.69. The van der Waals surface area contributed by atoms with Crippen LogP contribution in [0.25, 0.3) is 10.6 Å². The fourth-order valence-corrected chi connectivity index (χ4v) is 1.94. The van der Waals surface area contributed by atoms with Crippen LogP contribution in [-0.2, 0) is 11.2 Å². The minimum Gasteiger partial charge on any atom is -0.440 e. The van der Waals surface area contributed by atoms with E-state index in [0.717, 1.165) is 42.6 Å². The predicted molar refractivity (Wildman–Crippen MR) is 66.1 cm³/mol. The second-order valence-corrected chi connectivity index (χ2v) is 4.36. The number of rotatable bonds is 7. The molecule has 2 aromatic heterocycles. The molecule has 0 amide bonds. The van der Waals surface area contributed by atoms with E-state index in [2.05, 4.69) is 15.3 Å². The molecule has 0 spiro atoms. The van der Waals surface area contributed by atoms with E-state index in [9.17, 15) is 0 Å². The molecule has 2 heterocycles. The van der Waals surface area contributed by atoms with Crippen LogP contribution in [-0.4, -0.2) is 36.8 Å². The Morgan fingerprint density at radius 1 is 1.41 bits per heavy atom. The predicted octanol–water partition coefficient (Wildman–Crippen LogP) is 1.58. The van der Waals surface area contributed by atoms with Gasteiger partial charge in [0.2, 0.25) is 0 Å². The van der Waals surface area contributed by atoms with Crippen molar-refractivity contribution in [1.82, 2.24) is 15.3 Å². The van der Waals surface area contributed by atoms with E-state index in [4.69, 9.17) is 9.15 Å². The molecule has 2 rings (SSSR count). The Hall–Kier alpha value is -1.24. The first-order valence-electron chi connectivity index (χ1n) is 5.43. The van der Waals surface area contributed by atoms with Gasteiger partial charge in [-0.3, -0.25) is 4.98 Å². The Bertz CT molecular complexity index is 428. The molecule has 0 aliphatic rings. The van der Waals surface area contributed by atoms with Gasteiger partial charge in [-0.25, -0.2) is 4.98 Å². The van der Waals surface area contributed by atoms with Crippen LogP contribution < -0.4 is 5.32 Å². The van der Waals surface area contributed by atoms with Gasteiger partial charge in [-0.15, -0.1) is 11.3 Å². The summed E-state index contributed by atoms with van der Waals surface area (Å²) in [6.45, 7) is 2.41. The molecule has 0 radical (unpaired) electrons. The maximum absolute atomic E-state index is 5.62. The molecule has 0 atom stereocenters. The van der Waals surface area contributed by atoms with Crippen LogP contribution in [0.3, 0.4) is 0 Å². The molecule has 0 aliphatic heterocycles. The van der Waals surface area contributed by atoms with Gasteiger partial charge in [0.15, 0.2) is 11.7 Å². The largest absolute Gasteiger partial charge is 0.440 e. The first-order chi connectivity index (χ1) is 8.40. The van der Waals surface area contributed by atoms with Gasteiger partial charge >= 0.3 is 0 Å². The molecule has 0 bridgehead atoms. The summed E-state index contributed by atoms with van der Waals surface area (Å²) in [5, 5.41) is 3.24. The third-order valence-corrected chi connectivity index (χ3v) is 3.01. The van der Waals surface area contributed by atoms with E-state index < -0.39 is 0 Å². The topological polar surface area (TPSA) is 60.2 Å². The van der Waals surface area contributed by atoms with Gasteiger partial charge in [-0.1, -0.05) is 0 Å². The summed E-state index contributed by atoms with van der Waals surface area (Å²) in [5.74, 6) is 1.54. The number of ether oxygens (including phenoxy) is 1. The van der Waals surface area contributed by atoms with E-state index in [1.807, 2.05) is 0 Å². The highest BCUT2D eigenvalue weighted by atomic mass is 32.1. The van der Waals surface area contributed by atoms with Gasteiger partial charge in [-0.05, 0) is 0 Å². The van der Waals surface area contributed by atoms with Crippen molar-refractivity contribution in [3.8, 4) is 10.6 Å². The molecule has 0 saturated carbocycles. The Morgan fingerprint density at radius 2 is 2.35 bits per heavy atom. The summed E-state index contributed by atoms with van der Waals surface area (Å²) < 4.78 is 10.6. The van der Waals surface area contributed by atoms with E-state index in [0.29, 0.717) is 0 Å². The maximum Gasteiger partial charge on any atom is 0.196 e. The van der Waals surface area contributed by atoms with Crippen LogP contribution in [0.4, 0.5) is 0 Å². The monoisotopic (exact) mass is 253 g/mol. The normalized spacial score (nSPS) is 10.9. The smallest absolute Gasteiger partial charge is 0.196 e. The molecule has 0 unspecified atom stereocenters. The van der Waals surface area contributed by atoms with Crippen LogP contribution in [0.5, 0.6) is 0 Å². The van der Waals surface area contributed by atoms with Crippen LogP contribution >= 0.6 is 11.3 Å². The molecule has 17 heavy (non-hydrogen) atoms. The quantitative estimate of drug-likeness (QED) is 0.759. The van der Waals surface area contributed by atoms with E-state index in [1.54, 1.807) is 36.4 Å². The van der Waals surface area contributed by atoms with Crippen molar-refractivity contribution in [2.45, 2.75) is 6.42 Å². The number of hydrogen-bond donors (Lipinski definition) is 1. The molecule has 1 N–H and O–H groups in total. The summed E-state index contributed by atoms with van der Waals surface area (Å²) in [6, 6.07) is 0. The molecular formula is C11H15N3O2S. The number of nitrogens with zero attached hydrogens (tertiary/aromatic N) is 2. The lowest BCUT2D eigenvalue weighted by Gasteiger charge is -2.00. The molecule has 5 nitrogen and oxygen atoms in total. The molecule has 2 aromatic rings. The summed E-state index contributed by atoms with van der Waals surface area (Å²) in [5.41, 5.74) is 1.78. The Labute approximate surface area is 104 Å². The minimum absolute atomic E-state index is 0.720. The Balaban J connectivity index is 1.79. The van der Waals surface area contributed by atoms with Crippen molar-refractivity contribution in [3.63, 3.8) is 0 Å². The maximum atomic E-state index is 5.62.